The highest BCUT2D eigenvalue weighted by molar-refractivity contribution is 7.99. The van der Waals surface area contributed by atoms with E-state index in [1.54, 1.807) is 13.1 Å². The summed E-state index contributed by atoms with van der Waals surface area (Å²) in [5.41, 5.74) is 0.755. The predicted molar refractivity (Wildman–Crippen MR) is 125 cm³/mol. The number of nitrogens with one attached hydrogen (secondary N) is 1. The first-order valence-corrected chi connectivity index (χ1v) is 11.8. The number of hydrogen-bond donors (Lipinski definition) is 4. The quantitative estimate of drug-likeness (QED) is 0.384. The lowest BCUT2D eigenvalue weighted by Gasteiger charge is -2.28. The van der Waals surface area contributed by atoms with Crippen LogP contribution in [0, 0.1) is 5.92 Å². The van der Waals surface area contributed by atoms with Crippen molar-refractivity contribution in [2.24, 2.45) is 5.92 Å². The summed E-state index contributed by atoms with van der Waals surface area (Å²) in [6, 6.07) is 6.61. The van der Waals surface area contributed by atoms with E-state index < -0.39 is 36.4 Å². The van der Waals surface area contributed by atoms with Crippen molar-refractivity contribution in [2.75, 3.05) is 24.8 Å². The highest BCUT2D eigenvalue weighted by Gasteiger charge is 2.38. The third kappa shape index (κ3) is 6.32. The number of benzene rings is 1. The summed E-state index contributed by atoms with van der Waals surface area (Å²) >= 11 is 1.44. The number of allylic oxidation sites excluding steroid dienone is 1. The highest BCUT2D eigenvalue weighted by Crippen LogP contribution is 2.33. The minimum atomic E-state index is -1.69. The Kier molecular flexibility index (Phi) is 10.2. The molecule has 2 amide bonds. The predicted octanol–water partition coefficient (Wildman–Crippen LogP) is 1.33. The molecule has 0 bridgehead atoms. The van der Waals surface area contributed by atoms with Gasteiger partial charge in [0.25, 0.3) is 5.91 Å². The van der Waals surface area contributed by atoms with Gasteiger partial charge in [0.05, 0.1) is 5.69 Å². The number of amides is 2. The lowest BCUT2D eigenvalue weighted by molar-refractivity contribution is -0.150. The maximum atomic E-state index is 12.9. The first-order valence-electron chi connectivity index (χ1n) is 10.8. The van der Waals surface area contributed by atoms with Gasteiger partial charge in [-0.05, 0) is 30.9 Å². The molecule has 0 radical (unpaired) electrons. The minimum Gasteiger partial charge on any atom is -0.387 e. The molecule has 0 spiro atoms. The second-order valence-corrected chi connectivity index (χ2v) is 8.89. The summed E-state index contributed by atoms with van der Waals surface area (Å²) in [7, 11) is 2.86. The summed E-state index contributed by atoms with van der Waals surface area (Å²) in [5, 5.41) is 33.7. The molecule has 4 N–H and O–H groups in total. The van der Waals surface area contributed by atoms with Crippen LogP contribution in [-0.4, -0.2) is 77.5 Å². The second-order valence-electron chi connectivity index (χ2n) is 7.83. The van der Waals surface area contributed by atoms with Crippen molar-refractivity contribution in [1.82, 2.24) is 5.32 Å². The van der Waals surface area contributed by atoms with Gasteiger partial charge in [-0.2, -0.15) is 0 Å². The van der Waals surface area contributed by atoms with Crippen LogP contribution in [0.5, 0.6) is 0 Å². The fourth-order valence-corrected chi connectivity index (χ4v) is 4.64. The Morgan fingerprint density at radius 2 is 1.88 bits per heavy atom. The number of hydrogen-bond acceptors (Lipinski definition) is 7. The van der Waals surface area contributed by atoms with Gasteiger partial charge < -0.3 is 30.3 Å². The number of aliphatic hydroxyl groups is 3. The zero-order chi connectivity index (χ0) is 23.8. The van der Waals surface area contributed by atoms with Crippen LogP contribution in [0.4, 0.5) is 5.69 Å². The molecule has 0 saturated carbocycles. The van der Waals surface area contributed by atoms with Crippen LogP contribution in [0.1, 0.15) is 26.7 Å². The molecule has 0 fully saturated rings. The number of methoxy groups -OCH3 is 1. The van der Waals surface area contributed by atoms with Crippen LogP contribution in [0.15, 0.2) is 41.3 Å². The maximum absolute atomic E-state index is 12.9. The van der Waals surface area contributed by atoms with Crippen LogP contribution in [0.25, 0.3) is 0 Å². The molecule has 0 aromatic heterocycles. The first-order chi connectivity index (χ1) is 15.2. The lowest BCUT2D eigenvalue weighted by atomic mass is 9.98. The van der Waals surface area contributed by atoms with Gasteiger partial charge in [0.1, 0.15) is 24.4 Å². The van der Waals surface area contributed by atoms with Gasteiger partial charge in [0.2, 0.25) is 5.91 Å². The van der Waals surface area contributed by atoms with Crippen LogP contribution in [-0.2, 0) is 14.3 Å². The SMILES string of the molecule is CCC(C=C[C@@H](O)[C@H](O)[C@@H](O)[C@@H](OC)C(=O)N[C@H]1CSc2ccccc2N(C)C1=O)CC. The van der Waals surface area contributed by atoms with Crippen molar-refractivity contribution in [3.05, 3.63) is 36.4 Å². The fraction of sp³-hybridized carbons (Fsp3) is 0.565. The van der Waals surface area contributed by atoms with E-state index >= 15 is 0 Å². The molecule has 5 atom stereocenters. The zero-order valence-corrected chi connectivity index (χ0v) is 19.8. The minimum absolute atomic E-state index is 0.246. The third-order valence-corrected chi connectivity index (χ3v) is 6.89. The molecule has 2 rings (SSSR count). The molecule has 1 heterocycles. The average molecular weight is 467 g/mol. The second kappa shape index (κ2) is 12.4. The van der Waals surface area contributed by atoms with E-state index in [0.717, 1.165) is 23.4 Å². The Balaban J connectivity index is 2.06. The summed E-state index contributed by atoms with van der Waals surface area (Å²) in [4.78, 5) is 28.1. The summed E-state index contributed by atoms with van der Waals surface area (Å²) in [6.45, 7) is 4.04. The maximum Gasteiger partial charge on any atom is 0.252 e. The lowest BCUT2D eigenvalue weighted by Crippen LogP contribution is -2.56. The van der Waals surface area contributed by atoms with Crippen molar-refractivity contribution >= 4 is 29.3 Å². The topological polar surface area (TPSA) is 119 Å². The van der Waals surface area contributed by atoms with Crippen molar-refractivity contribution < 1.29 is 29.6 Å². The van der Waals surface area contributed by atoms with E-state index in [4.69, 9.17) is 4.74 Å². The number of anilines is 1. The van der Waals surface area contributed by atoms with Crippen LogP contribution in [0.2, 0.25) is 0 Å². The van der Waals surface area contributed by atoms with Gasteiger partial charge in [0.15, 0.2) is 6.10 Å². The number of carbonyl (C=O) groups excluding carboxylic acids is 2. The summed E-state index contributed by atoms with van der Waals surface area (Å²) in [5.74, 6) is -0.486. The molecule has 0 unspecified atom stereocenters. The van der Waals surface area contributed by atoms with E-state index in [1.807, 2.05) is 38.1 Å². The van der Waals surface area contributed by atoms with E-state index in [0.29, 0.717) is 5.75 Å². The number of fused-ring (bicyclic) bond motifs is 1. The van der Waals surface area contributed by atoms with Gasteiger partial charge in [-0.3, -0.25) is 9.59 Å². The molecular weight excluding hydrogens is 432 g/mol. The van der Waals surface area contributed by atoms with Crippen molar-refractivity contribution in [2.45, 2.75) is 62.0 Å². The number of thioether (sulfide) groups is 1. The number of aliphatic hydroxyl groups excluding tert-OH is 3. The van der Waals surface area contributed by atoms with Crippen LogP contribution >= 0.6 is 11.8 Å². The molecule has 32 heavy (non-hydrogen) atoms. The fourth-order valence-electron chi connectivity index (χ4n) is 3.54. The Bertz CT molecular complexity index is 800. The molecule has 0 aliphatic carbocycles. The molecule has 8 nitrogen and oxygen atoms in total. The highest BCUT2D eigenvalue weighted by atomic mass is 32.2. The molecule has 1 aromatic rings. The monoisotopic (exact) mass is 466 g/mol. The standard InChI is InChI=1S/C23H34N2O6S/c1-5-14(6-2)11-12-17(26)19(27)20(28)21(31-4)22(29)24-15-13-32-18-10-8-7-9-16(18)25(3)23(15)30/h7-12,14-15,17,19-21,26-28H,5-6,13H2,1-4H3,(H,24,29)/t15-,17+,19-,20+,21+/m0/s1. The molecule has 0 saturated heterocycles. The molecule has 178 valence electrons. The first kappa shape index (κ1) is 26.3. The zero-order valence-electron chi connectivity index (χ0n) is 19.0. The molecule has 9 heteroatoms. The molecule has 1 aliphatic rings. The van der Waals surface area contributed by atoms with Gasteiger partial charge in [0, 0.05) is 24.8 Å². The Hall–Kier alpha value is -1.91. The van der Waals surface area contributed by atoms with E-state index in [2.05, 4.69) is 5.32 Å². The number of carbonyl (C=O) groups is 2. The average Bonchev–Trinajstić information content (AvgIpc) is 2.91. The van der Waals surface area contributed by atoms with E-state index in [9.17, 15) is 24.9 Å². The van der Waals surface area contributed by atoms with Crippen molar-refractivity contribution in [1.29, 1.82) is 0 Å². The summed E-state index contributed by atoms with van der Waals surface area (Å²) < 4.78 is 5.12. The number of nitrogens with zero attached hydrogens (tertiary/aromatic N) is 1. The van der Waals surface area contributed by atoms with Gasteiger partial charge in [-0.1, -0.05) is 38.1 Å². The number of likely N-dealkylation sites (N-methyl/N-ethyl adjacent to an activating group) is 1. The Labute approximate surface area is 193 Å². The Morgan fingerprint density at radius 3 is 2.50 bits per heavy atom. The van der Waals surface area contributed by atoms with Gasteiger partial charge >= 0.3 is 0 Å². The van der Waals surface area contributed by atoms with E-state index in [-0.39, 0.29) is 11.8 Å². The number of ether oxygens (including phenoxy) is 1. The normalized spacial score (nSPS) is 20.6. The summed E-state index contributed by atoms with van der Waals surface area (Å²) in [6.07, 6.45) is -1.18. The van der Waals surface area contributed by atoms with Crippen molar-refractivity contribution in [3.8, 4) is 0 Å². The number of para-hydroxylation sites is 1. The van der Waals surface area contributed by atoms with Gasteiger partial charge in [-0.25, -0.2) is 0 Å². The Morgan fingerprint density at radius 1 is 1.22 bits per heavy atom. The number of rotatable bonds is 10. The van der Waals surface area contributed by atoms with Gasteiger partial charge in [-0.15, -0.1) is 11.8 Å². The third-order valence-electron chi connectivity index (χ3n) is 5.73. The molecule has 1 aliphatic heterocycles. The van der Waals surface area contributed by atoms with Crippen LogP contribution in [0.3, 0.4) is 0 Å². The largest absolute Gasteiger partial charge is 0.387 e. The van der Waals surface area contributed by atoms with Crippen LogP contribution < -0.4 is 10.2 Å². The molecular formula is C23H34N2O6S. The van der Waals surface area contributed by atoms with Crippen molar-refractivity contribution in [3.63, 3.8) is 0 Å². The smallest absolute Gasteiger partial charge is 0.252 e. The van der Waals surface area contributed by atoms with E-state index in [1.165, 1.54) is 29.8 Å². The molecule has 1 aromatic carbocycles.